The molecule has 168 valence electrons. The molecule has 0 atom stereocenters. The van der Waals surface area contributed by atoms with Gasteiger partial charge in [-0.3, -0.25) is 4.79 Å². The van der Waals surface area contributed by atoms with Crippen LogP contribution in [0.5, 0.6) is 0 Å². The number of hydrogen-bond acceptors (Lipinski definition) is 6. The van der Waals surface area contributed by atoms with Gasteiger partial charge < -0.3 is 9.64 Å². The number of aryl methyl sites for hydroxylation is 1. The highest BCUT2D eigenvalue weighted by molar-refractivity contribution is 7.89. The van der Waals surface area contributed by atoms with Crippen molar-refractivity contribution in [3.8, 4) is 0 Å². The lowest BCUT2D eigenvalue weighted by Crippen LogP contribution is -2.37. The van der Waals surface area contributed by atoms with E-state index in [1.807, 2.05) is 17.5 Å². The van der Waals surface area contributed by atoms with Crippen LogP contribution in [0.3, 0.4) is 0 Å². The first-order chi connectivity index (χ1) is 15.1. The molecule has 0 aliphatic carbocycles. The molecule has 8 heteroatoms. The van der Waals surface area contributed by atoms with Gasteiger partial charge in [0, 0.05) is 48.7 Å². The van der Waals surface area contributed by atoms with E-state index in [9.17, 15) is 13.2 Å². The van der Waals surface area contributed by atoms with Crippen LogP contribution in [0, 0.1) is 0 Å². The topological polar surface area (TPSA) is 66.9 Å². The minimum absolute atomic E-state index is 0.00809. The van der Waals surface area contributed by atoms with Crippen molar-refractivity contribution >= 4 is 32.8 Å². The molecule has 4 rings (SSSR count). The molecule has 31 heavy (non-hydrogen) atoms. The molecule has 0 N–H and O–H groups in total. The van der Waals surface area contributed by atoms with Gasteiger partial charge >= 0.3 is 0 Å². The summed E-state index contributed by atoms with van der Waals surface area (Å²) in [7, 11) is -3.58. The van der Waals surface area contributed by atoms with E-state index >= 15 is 0 Å². The van der Waals surface area contributed by atoms with Crippen LogP contribution in [0.1, 0.15) is 47.3 Å². The van der Waals surface area contributed by atoms with E-state index in [0.29, 0.717) is 51.4 Å². The van der Waals surface area contributed by atoms with Gasteiger partial charge in [-0.25, -0.2) is 8.42 Å². The smallest absolute Gasteiger partial charge is 0.243 e. The summed E-state index contributed by atoms with van der Waals surface area (Å²) in [6.07, 6.45) is 4.87. The molecule has 2 aliphatic rings. The molecule has 3 heterocycles. The summed E-state index contributed by atoms with van der Waals surface area (Å²) < 4.78 is 33.4. The van der Waals surface area contributed by atoms with Gasteiger partial charge in [0.25, 0.3) is 0 Å². The molecule has 0 amide bonds. The second-order valence-electron chi connectivity index (χ2n) is 8.10. The van der Waals surface area contributed by atoms with E-state index in [0.717, 1.165) is 37.8 Å². The van der Waals surface area contributed by atoms with Crippen molar-refractivity contribution in [1.29, 1.82) is 0 Å². The number of carbonyl (C=O) groups excluding carboxylic acids is 1. The molecule has 6 nitrogen and oxygen atoms in total. The van der Waals surface area contributed by atoms with Gasteiger partial charge in [0.2, 0.25) is 10.0 Å². The van der Waals surface area contributed by atoms with Gasteiger partial charge in [0.05, 0.1) is 18.1 Å². The molecule has 0 bridgehead atoms. The molecule has 1 aromatic heterocycles. The van der Waals surface area contributed by atoms with Gasteiger partial charge in [-0.05, 0) is 55.3 Å². The number of nitrogens with zero attached hydrogens (tertiary/aromatic N) is 2. The quantitative estimate of drug-likeness (QED) is 0.556. The molecule has 0 spiro atoms. The predicted octanol–water partition coefficient (Wildman–Crippen LogP) is 3.96. The number of benzene rings is 1. The second kappa shape index (κ2) is 10.3. The first kappa shape index (κ1) is 22.5. The molecule has 1 aromatic carbocycles. The Bertz CT molecular complexity index is 977. The van der Waals surface area contributed by atoms with Crippen LogP contribution in [0.4, 0.5) is 5.69 Å². The van der Waals surface area contributed by atoms with Crippen LogP contribution in [-0.4, -0.2) is 57.9 Å². The molecular weight excluding hydrogens is 432 g/mol. The van der Waals surface area contributed by atoms with Crippen LogP contribution < -0.4 is 4.90 Å². The highest BCUT2D eigenvalue weighted by atomic mass is 32.2. The lowest BCUT2D eigenvalue weighted by molar-refractivity contribution is 0.0978. The van der Waals surface area contributed by atoms with Gasteiger partial charge in [0.1, 0.15) is 0 Å². The summed E-state index contributed by atoms with van der Waals surface area (Å²) in [5.41, 5.74) is 1.34. The van der Waals surface area contributed by atoms with Gasteiger partial charge in [-0.2, -0.15) is 4.31 Å². The molecule has 0 saturated carbocycles. The van der Waals surface area contributed by atoms with Crippen LogP contribution in [0.25, 0.3) is 0 Å². The first-order valence-corrected chi connectivity index (χ1v) is 13.4. The summed E-state index contributed by atoms with van der Waals surface area (Å²) in [6, 6.07) is 9.20. The molecule has 2 fully saturated rings. The monoisotopic (exact) mass is 462 g/mol. The number of piperidine rings is 1. The van der Waals surface area contributed by atoms with Crippen molar-refractivity contribution in [1.82, 2.24) is 4.31 Å². The Kier molecular flexibility index (Phi) is 7.43. The van der Waals surface area contributed by atoms with E-state index in [-0.39, 0.29) is 10.7 Å². The van der Waals surface area contributed by atoms with Crippen LogP contribution in [0.15, 0.2) is 40.6 Å². The highest BCUT2D eigenvalue weighted by Gasteiger charge is 2.28. The SMILES string of the molecule is O=C(CCCc1cccs1)c1cc(S(=O)(=O)N2CCCCC2)ccc1N1CCOCC1. The maximum absolute atomic E-state index is 13.2. The Morgan fingerprint density at radius 3 is 2.52 bits per heavy atom. The molecule has 0 unspecified atom stereocenters. The number of rotatable bonds is 8. The number of thiophene rings is 1. The fourth-order valence-corrected chi connectivity index (χ4v) is 6.54. The molecular formula is C23H30N2O4S2. The number of anilines is 1. The third-order valence-electron chi connectivity index (χ3n) is 5.98. The third-order valence-corrected chi connectivity index (χ3v) is 8.81. The summed E-state index contributed by atoms with van der Waals surface area (Å²) in [5, 5.41) is 2.04. The number of Topliss-reactive ketones (excluding diaryl/α,β-unsaturated/α-hetero) is 1. The maximum Gasteiger partial charge on any atom is 0.243 e. The highest BCUT2D eigenvalue weighted by Crippen LogP contribution is 2.29. The van der Waals surface area contributed by atoms with Gasteiger partial charge in [0.15, 0.2) is 5.78 Å². The van der Waals surface area contributed by atoms with Crippen molar-refractivity contribution in [3.63, 3.8) is 0 Å². The van der Waals surface area contributed by atoms with E-state index in [2.05, 4.69) is 11.0 Å². The van der Waals surface area contributed by atoms with Crippen LogP contribution in [0.2, 0.25) is 0 Å². The fourth-order valence-electron chi connectivity index (χ4n) is 4.25. The van der Waals surface area contributed by atoms with Crippen molar-refractivity contribution in [2.24, 2.45) is 0 Å². The fraction of sp³-hybridized carbons (Fsp3) is 0.522. The lowest BCUT2D eigenvalue weighted by atomic mass is 10.0. The maximum atomic E-state index is 13.2. The Labute approximate surface area is 188 Å². The largest absolute Gasteiger partial charge is 0.378 e. The number of sulfonamides is 1. The standard InChI is InChI=1S/C23H30N2O4S2/c26-23(8-4-6-19-7-5-17-30-19)21-18-20(31(27,28)25-11-2-1-3-12-25)9-10-22(21)24-13-15-29-16-14-24/h5,7,9-10,17-18H,1-4,6,8,11-16H2. The molecule has 2 saturated heterocycles. The Morgan fingerprint density at radius 1 is 1.03 bits per heavy atom. The molecule has 0 radical (unpaired) electrons. The minimum Gasteiger partial charge on any atom is -0.378 e. The van der Waals surface area contributed by atoms with E-state index in [4.69, 9.17) is 4.74 Å². The van der Waals surface area contributed by atoms with Crippen molar-refractivity contribution in [2.45, 2.75) is 43.4 Å². The molecule has 2 aromatic rings. The van der Waals surface area contributed by atoms with Gasteiger partial charge in [-0.15, -0.1) is 11.3 Å². The number of morpholine rings is 1. The average Bonchev–Trinajstić information content (AvgIpc) is 3.33. The minimum atomic E-state index is -3.58. The predicted molar refractivity (Wildman–Crippen MR) is 124 cm³/mol. The summed E-state index contributed by atoms with van der Waals surface area (Å²) in [5.74, 6) is 0.00809. The summed E-state index contributed by atoms with van der Waals surface area (Å²) in [6.45, 7) is 3.73. The zero-order valence-corrected chi connectivity index (χ0v) is 19.4. The number of ether oxygens (including phenoxy) is 1. The Balaban J connectivity index is 1.58. The van der Waals surface area contributed by atoms with Crippen molar-refractivity contribution < 1.29 is 17.9 Å². The van der Waals surface area contributed by atoms with Crippen molar-refractivity contribution in [2.75, 3.05) is 44.3 Å². The third kappa shape index (κ3) is 5.37. The average molecular weight is 463 g/mol. The summed E-state index contributed by atoms with van der Waals surface area (Å²) in [4.78, 5) is 16.9. The zero-order valence-electron chi connectivity index (χ0n) is 17.8. The number of ketones is 1. The zero-order chi connectivity index (χ0) is 21.7. The second-order valence-corrected chi connectivity index (χ2v) is 11.1. The van der Waals surface area contributed by atoms with Crippen LogP contribution in [-0.2, 0) is 21.2 Å². The first-order valence-electron chi connectivity index (χ1n) is 11.1. The van der Waals surface area contributed by atoms with Crippen LogP contribution >= 0.6 is 11.3 Å². The lowest BCUT2D eigenvalue weighted by Gasteiger charge is -2.31. The van der Waals surface area contributed by atoms with E-state index < -0.39 is 10.0 Å². The Hall–Kier alpha value is -1.74. The van der Waals surface area contributed by atoms with E-state index in [1.165, 1.54) is 4.88 Å². The van der Waals surface area contributed by atoms with E-state index in [1.54, 1.807) is 27.8 Å². The van der Waals surface area contributed by atoms with Crippen molar-refractivity contribution in [3.05, 3.63) is 46.2 Å². The summed E-state index contributed by atoms with van der Waals surface area (Å²) >= 11 is 1.70. The van der Waals surface area contributed by atoms with Gasteiger partial charge in [-0.1, -0.05) is 12.5 Å². The molecule has 2 aliphatic heterocycles. The number of carbonyl (C=O) groups is 1. The normalized spacial score (nSPS) is 18.3. The number of hydrogen-bond donors (Lipinski definition) is 0. The Morgan fingerprint density at radius 2 is 1.81 bits per heavy atom.